The average Bonchev–Trinajstić information content (AvgIpc) is 3.66. The fourth-order valence-corrected chi connectivity index (χ4v) is 9.41. The van der Waals surface area contributed by atoms with Gasteiger partial charge in [-0.15, -0.1) is 11.8 Å². The van der Waals surface area contributed by atoms with Gasteiger partial charge in [0.2, 0.25) is 0 Å². The number of thioether (sulfide) groups is 1. The van der Waals surface area contributed by atoms with Crippen LogP contribution in [0.1, 0.15) is 95.2 Å². The van der Waals surface area contributed by atoms with Crippen molar-refractivity contribution in [1.29, 1.82) is 0 Å². The van der Waals surface area contributed by atoms with Crippen LogP contribution in [0.5, 0.6) is 0 Å². The molecule has 2 heterocycles. The molecule has 1 saturated heterocycles. The zero-order valence-electron chi connectivity index (χ0n) is 25.4. The summed E-state index contributed by atoms with van der Waals surface area (Å²) < 4.78 is 73.8. The van der Waals surface area contributed by atoms with E-state index in [0.717, 1.165) is 69.2 Å². The number of sulfonamides is 1. The monoisotopic (exact) mass is 652 g/mol. The highest BCUT2D eigenvalue weighted by Crippen LogP contribution is 2.52. The first kappa shape index (κ1) is 32.8. The lowest BCUT2D eigenvalue weighted by atomic mass is 9.70. The SMILES string of the molecule is Cc1cc(SC2C(=O)CC(C3CCCC3)(C3CCCC3)OC2=O)c(C(C)(C)C)cc1NS(=O)(=O)c1ccc(C(F)(F)F)cn1. The predicted molar refractivity (Wildman–Crippen MR) is 162 cm³/mol. The Hall–Kier alpha value is -2.60. The quantitative estimate of drug-likeness (QED) is 0.243. The lowest BCUT2D eigenvalue weighted by molar-refractivity contribution is -0.186. The van der Waals surface area contributed by atoms with Gasteiger partial charge in [0, 0.05) is 17.5 Å². The number of nitrogens with zero attached hydrogens (tertiary/aromatic N) is 1. The van der Waals surface area contributed by atoms with E-state index >= 15 is 0 Å². The topological polar surface area (TPSA) is 102 Å². The number of ether oxygens (including phenoxy) is 1. The van der Waals surface area contributed by atoms with Gasteiger partial charge in [0.25, 0.3) is 10.0 Å². The number of benzene rings is 1. The first-order valence-corrected chi connectivity index (χ1v) is 17.5. The van der Waals surface area contributed by atoms with E-state index in [4.69, 9.17) is 4.74 Å². The Morgan fingerprint density at radius 2 is 1.57 bits per heavy atom. The molecule has 2 aliphatic carbocycles. The molecule has 1 aliphatic heterocycles. The first-order chi connectivity index (χ1) is 20.5. The van der Waals surface area contributed by atoms with Crippen molar-refractivity contribution in [3.63, 3.8) is 0 Å². The van der Waals surface area contributed by atoms with Crippen molar-refractivity contribution < 1.29 is 35.9 Å². The molecule has 3 aliphatic rings. The number of ketones is 1. The van der Waals surface area contributed by atoms with Crippen LogP contribution in [0.2, 0.25) is 0 Å². The maximum absolute atomic E-state index is 13.8. The summed E-state index contributed by atoms with van der Waals surface area (Å²) in [6, 6.07) is 4.87. The number of cyclic esters (lactones) is 1. The Bertz CT molecular complexity index is 1490. The molecule has 2 saturated carbocycles. The van der Waals surface area contributed by atoms with Crippen LogP contribution in [0.25, 0.3) is 0 Å². The van der Waals surface area contributed by atoms with Crippen LogP contribution in [-0.4, -0.2) is 36.0 Å². The number of pyridine rings is 1. The first-order valence-electron chi connectivity index (χ1n) is 15.1. The number of aryl methyl sites for hydroxylation is 1. The molecular formula is C32H39F3N2O5S2. The van der Waals surface area contributed by atoms with E-state index in [1.165, 1.54) is 0 Å². The Kier molecular flexibility index (Phi) is 8.91. The van der Waals surface area contributed by atoms with Gasteiger partial charge < -0.3 is 4.74 Å². The molecule has 3 fully saturated rings. The fraction of sp³-hybridized carbons (Fsp3) is 0.594. The third kappa shape index (κ3) is 6.52. The van der Waals surface area contributed by atoms with Crippen LogP contribution in [-0.2, 0) is 35.9 Å². The second-order valence-electron chi connectivity index (χ2n) is 13.4. The molecule has 1 N–H and O–H groups in total. The Morgan fingerprint density at radius 1 is 0.977 bits per heavy atom. The van der Waals surface area contributed by atoms with E-state index in [-0.39, 0.29) is 29.7 Å². The molecule has 1 atom stereocenters. The number of aromatic nitrogens is 1. The number of carbonyl (C=O) groups is 2. The molecular weight excluding hydrogens is 613 g/mol. The molecule has 5 rings (SSSR count). The number of hydrogen-bond acceptors (Lipinski definition) is 7. The van der Waals surface area contributed by atoms with E-state index in [1.807, 2.05) is 20.8 Å². The summed E-state index contributed by atoms with van der Waals surface area (Å²) in [6.45, 7) is 7.48. The Morgan fingerprint density at radius 3 is 2.05 bits per heavy atom. The van der Waals surface area contributed by atoms with Crippen molar-refractivity contribution in [3.05, 3.63) is 47.2 Å². The van der Waals surface area contributed by atoms with Crippen molar-refractivity contribution in [2.75, 3.05) is 4.72 Å². The van der Waals surface area contributed by atoms with Gasteiger partial charge in [-0.1, -0.05) is 46.5 Å². The van der Waals surface area contributed by atoms with Gasteiger partial charge in [-0.05, 0) is 85.3 Å². The lowest BCUT2D eigenvalue weighted by Gasteiger charge is -2.46. The molecule has 1 aromatic carbocycles. The lowest BCUT2D eigenvalue weighted by Crippen LogP contribution is -2.56. The van der Waals surface area contributed by atoms with Gasteiger partial charge in [0.05, 0.1) is 11.3 Å². The van der Waals surface area contributed by atoms with Crippen LogP contribution in [0.15, 0.2) is 40.4 Å². The number of rotatable bonds is 7. The Labute approximate surface area is 261 Å². The Balaban J connectivity index is 1.41. The maximum Gasteiger partial charge on any atom is 0.417 e. The minimum Gasteiger partial charge on any atom is -0.457 e. The molecule has 0 radical (unpaired) electrons. The highest BCUT2D eigenvalue weighted by molar-refractivity contribution is 8.01. The minimum absolute atomic E-state index is 0.124. The van der Waals surface area contributed by atoms with Crippen LogP contribution in [0.4, 0.5) is 18.9 Å². The van der Waals surface area contributed by atoms with E-state index in [9.17, 15) is 31.2 Å². The number of halogens is 3. The second kappa shape index (κ2) is 12.0. The van der Waals surface area contributed by atoms with Crippen LogP contribution in [0, 0.1) is 18.8 Å². The molecule has 0 bridgehead atoms. The molecule has 0 spiro atoms. The smallest absolute Gasteiger partial charge is 0.417 e. The fourth-order valence-electron chi connectivity index (χ4n) is 7.01. The number of hydrogen-bond donors (Lipinski definition) is 1. The average molecular weight is 653 g/mol. The highest BCUT2D eigenvalue weighted by Gasteiger charge is 2.56. The number of anilines is 1. The third-order valence-corrected chi connectivity index (χ3v) is 11.9. The van der Waals surface area contributed by atoms with Gasteiger partial charge in [-0.2, -0.15) is 21.6 Å². The summed E-state index contributed by atoms with van der Waals surface area (Å²) in [5.41, 5.74) is -0.838. The van der Waals surface area contributed by atoms with Crippen molar-refractivity contribution >= 4 is 39.2 Å². The molecule has 12 heteroatoms. The third-order valence-electron chi connectivity index (χ3n) is 9.30. The van der Waals surface area contributed by atoms with Gasteiger partial charge in [0.1, 0.15) is 5.60 Å². The summed E-state index contributed by atoms with van der Waals surface area (Å²) in [7, 11) is -4.31. The van der Waals surface area contributed by atoms with Crippen LogP contribution < -0.4 is 4.72 Å². The summed E-state index contributed by atoms with van der Waals surface area (Å²) >= 11 is 1.14. The van der Waals surface area contributed by atoms with Crippen molar-refractivity contribution in [2.24, 2.45) is 11.8 Å². The second-order valence-corrected chi connectivity index (χ2v) is 16.2. The number of carbonyl (C=O) groups excluding carboxylic acids is 2. The van der Waals surface area contributed by atoms with E-state index < -0.39 is 49.0 Å². The molecule has 1 unspecified atom stereocenters. The molecule has 44 heavy (non-hydrogen) atoms. The number of nitrogens with one attached hydrogen (secondary N) is 1. The highest BCUT2D eigenvalue weighted by atomic mass is 32.2. The molecule has 240 valence electrons. The van der Waals surface area contributed by atoms with Crippen molar-refractivity contribution in [2.45, 2.75) is 118 Å². The van der Waals surface area contributed by atoms with Crippen molar-refractivity contribution in [1.82, 2.24) is 4.98 Å². The summed E-state index contributed by atoms with van der Waals surface area (Å²) in [5.74, 6) is -0.201. The molecule has 0 amide bonds. The summed E-state index contributed by atoms with van der Waals surface area (Å²) in [6.07, 6.45) is 4.31. The van der Waals surface area contributed by atoms with Gasteiger partial charge in [-0.25, -0.2) is 4.98 Å². The maximum atomic E-state index is 13.8. The summed E-state index contributed by atoms with van der Waals surface area (Å²) in [5, 5.41) is -1.57. The van der Waals surface area contributed by atoms with Crippen LogP contribution >= 0.6 is 11.8 Å². The van der Waals surface area contributed by atoms with Gasteiger partial charge in [-0.3, -0.25) is 14.3 Å². The number of esters is 1. The zero-order chi connectivity index (χ0) is 32.1. The molecule has 1 aromatic heterocycles. The van der Waals surface area contributed by atoms with Crippen LogP contribution in [0.3, 0.4) is 0 Å². The molecule has 2 aromatic rings. The van der Waals surface area contributed by atoms with Gasteiger partial charge in [0.15, 0.2) is 16.1 Å². The van der Waals surface area contributed by atoms with E-state index in [1.54, 1.807) is 19.1 Å². The minimum atomic E-state index is -4.64. The summed E-state index contributed by atoms with van der Waals surface area (Å²) in [4.78, 5) is 31.6. The van der Waals surface area contributed by atoms with Gasteiger partial charge >= 0.3 is 12.1 Å². The number of alkyl halides is 3. The normalized spacial score (nSPS) is 21.9. The largest absolute Gasteiger partial charge is 0.457 e. The van der Waals surface area contributed by atoms with E-state index in [2.05, 4.69) is 9.71 Å². The zero-order valence-corrected chi connectivity index (χ0v) is 27.1. The standard InChI is InChI=1S/C32H39F3N2O5S2/c1-19-15-26(43-28-25(38)17-31(42-29(28)39,20-9-5-6-10-20)21-11-7-8-12-21)23(30(2,3)4)16-24(19)37-44(40,41)27-14-13-22(18-36-27)32(33,34)35/h13-16,18,20-21,28,37H,5-12,17H2,1-4H3. The van der Waals surface area contributed by atoms with E-state index in [0.29, 0.717) is 28.3 Å². The predicted octanol–water partition coefficient (Wildman–Crippen LogP) is 7.60. The molecule has 7 nitrogen and oxygen atoms in total. The number of Topliss-reactive ketones (excluding diaryl/α,β-unsaturated/α-hetero) is 1. The van der Waals surface area contributed by atoms with Crippen molar-refractivity contribution in [3.8, 4) is 0 Å².